The van der Waals surface area contributed by atoms with Crippen molar-refractivity contribution in [1.29, 1.82) is 0 Å². The third-order valence-electron chi connectivity index (χ3n) is 3.22. The first-order valence-electron chi connectivity index (χ1n) is 7.48. The van der Waals surface area contributed by atoms with E-state index in [0.29, 0.717) is 5.89 Å². The zero-order valence-corrected chi connectivity index (χ0v) is 13.9. The van der Waals surface area contributed by atoms with Crippen LogP contribution in [-0.2, 0) is 9.53 Å². The van der Waals surface area contributed by atoms with Crippen molar-refractivity contribution in [2.45, 2.75) is 17.9 Å². The molecule has 0 aliphatic rings. The van der Waals surface area contributed by atoms with E-state index in [-0.39, 0.29) is 17.6 Å². The molecule has 122 valence electrons. The molecule has 1 aromatic heterocycles. The van der Waals surface area contributed by atoms with Crippen molar-refractivity contribution in [3.63, 3.8) is 0 Å². The number of ether oxygens (including phenoxy) is 1. The van der Waals surface area contributed by atoms with Crippen LogP contribution in [0.2, 0.25) is 0 Å². The van der Waals surface area contributed by atoms with Gasteiger partial charge in [-0.25, -0.2) is 0 Å². The fourth-order valence-corrected chi connectivity index (χ4v) is 2.74. The predicted molar refractivity (Wildman–Crippen MR) is 91.4 cm³/mol. The van der Waals surface area contributed by atoms with Gasteiger partial charge in [0.05, 0.1) is 5.75 Å². The van der Waals surface area contributed by atoms with Crippen molar-refractivity contribution in [3.05, 3.63) is 66.6 Å². The van der Waals surface area contributed by atoms with Crippen molar-refractivity contribution in [2.24, 2.45) is 0 Å². The Kier molecular flexibility index (Phi) is 5.28. The van der Waals surface area contributed by atoms with E-state index < -0.39 is 6.10 Å². The molecule has 0 N–H and O–H groups in total. The number of aromatic nitrogens is 2. The highest BCUT2D eigenvalue weighted by atomic mass is 32.2. The quantitative estimate of drug-likeness (QED) is 0.496. The number of hydrogen-bond donors (Lipinski definition) is 0. The van der Waals surface area contributed by atoms with Crippen LogP contribution >= 0.6 is 11.8 Å². The van der Waals surface area contributed by atoms with E-state index in [1.54, 1.807) is 6.92 Å². The first kappa shape index (κ1) is 16.3. The number of esters is 1. The molecule has 0 unspecified atom stereocenters. The minimum Gasteiger partial charge on any atom is -0.452 e. The van der Waals surface area contributed by atoms with Crippen LogP contribution < -0.4 is 0 Å². The van der Waals surface area contributed by atoms with E-state index in [2.05, 4.69) is 10.2 Å². The van der Waals surface area contributed by atoms with Crippen LogP contribution in [0.25, 0.3) is 11.5 Å². The Balaban J connectivity index is 1.56. The van der Waals surface area contributed by atoms with E-state index >= 15 is 0 Å². The molecule has 0 saturated heterocycles. The molecule has 3 aromatic rings. The molecule has 6 heteroatoms. The van der Waals surface area contributed by atoms with Gasteiger partial charge in [-0.1, -0.05) is 36.4 Å². The number of carbonyl (C=O) groups excluding carboxylic acids is 1. The molecule has 0 saturated carbocycles. The van der Waals surface area contributed by atoms with Gasteiger partial charge in [-0.15, -0.1) is 22.0 Å². The van der Waals surface area contributed by atoms with Gasteiger partial charge >= 0.3 is 5.97 Å². The van der Waals surface area contributed by atoms with Crippen LogP contribution in [0.3, 0.4) is 0 Å². The summed E-state index contributed by atoms with van der Waals surface area (Å²) in [5.74, 6) is 0.600. The van der Waals surface area contributed by atoms with Crippen molar-refractivity contribution < 1.29 is 13.9 Å². The molecule has 5 nitrogen and oxygen atoms in total. The predicted octanol–water partition coefficient (Wildman–Crippen LogP) is 4.13. The second kappa shape index (κ2) is 7.79. The molecule has 3 rings (SSSR count). The summed E-state index contributed by atoms with van der Waals surface area (Å²) in [6, 6.07) is 19.2. The van der Waals surface area contributed by atoms with Gasteiger partial charge in [0.2, 0.25) is 5.89 Å². The summed E-state index contributed by atoms with van der Waals surface area (Å²) in [5.41, 5.74) is 0.828. The van der Waals surface area contributed by atoms with Crippen molar-refractivity contribution in [3.8, 4) is 11.5 Å². The third kappa shape index (κ3) is 4.23. The minimum absolute atomic E-state index is 0.230. The Labute approximate surface area is 144 Å². The zero-order valence-electron chi connectivity index (χ0n) is 13.1. The summed E-state index contributed by atoms with van der Waals surface area (Å²) in [5, 5.41) is 7.96. The molecule has 0 radical (unpaired) electrons. The fraction of sp³-hybridized carbons (Fsp3) is 0.167. The van der Waals surface area contributed by atoms with E-state index in [4.69, 9.17) is 9.15 Å². The van der Waals surface area contributed by atoms with Crippen LogP contribution in [-0.4, -0.2) is 21.9 Å². The average Bonchev–Trinajstić information content (AvgIpc) is 3.12. The van der Waals surface area contributed by atoms with Crippen molar-refractivity contribution in [2.75, 3.05) is 5.75 Å². The fourth-order valence-electron chi connectivity index (χ4n) is 2.04. The Morgan fingerprint density at radius 1 is 1.08 bits per heavy atom. The lowest BCUT2D eigenvalue weighted by atomic mass is 10.2. The highest BCUT2D eigenvalue weighted by Crippen LogP contribution is 2.23. The summed E-state index contributed by atoms with van der Waals surface area (Å²) >= 11 is 1.43. The number of benzene rings is 2. The molecular formula is C18H16N2O3S. The van der Waals surface area contributed by atoms with Gasteiger partial charge in [-0.2, -0.15) is 0 Å². The normalized spacial score (nSPS) is 11.9. The van der Waals surface area contributed by atoms with Gasteiger partial charge < -0.3 is 9.15 Å². The topological polar surface area (TPSA) is 65.2 Å². The first-order chi connectivity index (χ1) is 11.7. The molecule has 0 fully saturated rings. The van der Waals surface area contributed by atoms with Gasteiger partial charge in [0.1, 0.15) is 0 Å². The molecule has 1 atom stereocenters. The lowest BCUT2D eigenvalue weighted by Crippen LogP contribution is -2.11. The molecular weight excluding hydrogens is 324 g/mol. The number of thioether (sulfide) groups is 1. The maximum Gasteiger partial charge on any atom is 0.317 e. The first-order valence-corrected chi connectivity index (χ1v) is 8.47. The van der Waals surface area contributed by atoms with E-state index in [0.717, 1.165) is 10.5 Å². The third-order valence-corrected chi connectivity index (χ3v) is 4.20. The number of hydrogen-bond acceptors (Lipinski definition) is 6. The summed E-state index contributed by atoms with van der Waals surface area (Å²) in [6.45, 7) is 1.72. The Morgan fingerprint density at radius 3 is 2.46 bits per heavy atom. The van der Waals surface area contributed by atoms with Gasteiger partial charge in [-0.05, 0) is 31.2 Å². The smallest absolute Gasteiger partial charge is 0.317 e. The largest absolute Gasteiger partial charge is 0.452 e. The SMILES string of the molecule is C[C@H](OC(=O)CSc1ccccc1)c1nnc(-c2ccccc2)o1. The molecule has 0 aliphatic carbocycles. The molecule has 0 bridgehead atoms. The number of nitrogens with zero attached hydrogens (tertiary/aromatic N) is 2. The highest BCUT2D eigenvalue weighted by Gasteiger charge is 2.19. The van der Waals surface area contributed by atoms with Gasteiger partial charge in [0.15, 0.2) is 6.10 Å². The van der Waals surface area contributed by atoms with Gasteiger partial charge in [0, 0.05) is 10.5 Å². The van der Waals surface area contributed by atoms with Crippen molar-refractivity contribution in [1.82, 2.24) is 10.2 Å². The zero-order chi connectivity index (χ0) is 16.8. The Hall–Kier alpha value is -2.60. The lowest BCUT2D eigenvalue weighted by molar-refractivity contribution is -0.146. The second-order valence-corrected chi connectivity index (χ2v) is 6.09. The Bertz CT molecular complexity index is 790. The molecule has 0 spiro atoms. The minimum atomic E-state index is -0.584. The molecule has 0 aliphatic heterocycles. The molecule has 2 aromatic carbocycles. The van der Waals surface area contributed by atoms with Crippen molar-refractivity contribution >= 4 is 17.7 Å². The Morgan fingerprint density at radius 2 is 1.75 bits per heavy atom. The number of carbonyl (C=O) groups is 1. The second-order valence-electron chi connectivity index (χ2n) is 5.05. The molecule has 0 amide bonds. The van der Waals surface area contributed by atoms with Crippen LogP contribution in [0.1, 0.15) is 18.9 Å². The van der Waals surface area contributed by atoms with E-state index in [9.17, 15) is 4.79 Å². The van der Waals surface area contributed by atoms with E-state index in [1.807, 2.05) is 60.7 Å². The number of rotatable bonds is 6. The van der Waals surface area contributed by atoms with Gasteiger partial charge in [0.25, 0.3) is 5.89 Å². The maximum atomic E-state index is 11.9. The van der Waals surface area contributed by atoms with Crippen LogP contribution in [0.5, 0.6) is 0 Å². The molecule has 1 heterocycles. The average molecular weight is 340 g/mol. The van der Waals surface area contributed by atoms with Crippen LogP contribution in [0.15, 0.2) is 70.0 Å². The molecule has 24 heavy (non-hydrogen) atoms. The summed E-state index contributed by atoms with van der Waals surface area (Å²) in [4.78, 5) is 13.0. The summed E-state index contributed by atoms with van der Waals surface area (Å²) in [6.07, 6.45) is -0.584. The highest BCUT2D eigenvalue weighted by molar-refractivity contribution is 8.00. The van der Waals surface area contributed by atoms with Crippen LogP contribution in [0, 0.1) is 0 Å². The van der Waals surface area contributed by atoms with Crippen LogP contribution in [0.4, 0.5) is 0 Å². The van der Waals surface area contributed by atoms with E-state index in [1.165, 1.54) is 11.8 Å². The monoisotopic (exact) mass is 340 g/mol. The standard InChI is InChI=1S/C18H16N2O3S/c1-13(22-16(21)12-24-15-10-6-3-7-11-15)17-19-20-18(23-17)14-8-4-2-5-9-14/h2-11,13H,12H2,1H3/t13-/m0/s1. The van der Waals surface area contributed by atoms with Gasteiger partial charge in [-0.3, -0.25) is 4.79 Å². The summed E-state index contributed by atoms with van der Waals surface area (Å²) < 4.78 is 10.9. The lowest BCUT2D eigenvalue weighted by Gasteiger charge is -2.09. The maximum absolute atomic E-state index is 11.9. The summed E-state index contributed by atoms with van der Waals surface area (Å²) in [7, 11) is 0.